The Kier molecular flexibility index (Phi) is 7.33. The number of benzene rings is 1. The van der Waals surface area contributed by atoms with E-state index in [1.165, 1.54) is 27.4 Å². The molecule has 31 heavy (non-hydrogen) atoms. The molecule has 2 aliphatic rings. The lowest BCUT2D eigenvalue weighted by Gasteiger charge is -2.27. The van der Waals surface area contributed by atoms with Crippen molar-refractivity contribution in [3.63, 3.8) is 0 Å². The number of hydrogen-bond acceptors (Lipinski definition) is 5. The fourth-order valence-electron chi connectivity index (χ4n) is 4.32. The van der Waals surface area contributed by atoms with Gasteiger partial charge in [0.1, 0.15) is 0 Å². The molecule has 1 N–H and O–H groups in total. The number of amides is 1. The maximum atomic E-state index is 13.0. The first-order valence-electron chi connectivity index (χ1n) is 10.8. The van der Waals surface area contributed by atoms with Crippen LogP contribution in [0.15, 0.2) is 40.6 Å². The number of piperidine rings is 1. The van der Waals surface area contributed by atoms with Crippen molar-refractivity contribution < 1.29 is 13.2 Å². The molecule has 9 heteroatoms. The van der Waals surface area contributed by atoms with E-state index in [1.807, 2.05) is 11.4 Å². The Hall–Kier alpha value is -1.45. The van der Waals surface area contributed by atoms with Gasteiger partial charge >= 0.3 is 0 Å². The second kappa shape index (κ2) is 10.0. The van der Waals surface area contributed by atoms with E-state index >= 15 is 0 Å². The third kappa shape index (κ3) is 5.14. The standard InChI is InChI=1S/C22H28ClN3O3S2/c23-19-9-8-17(31(28,29)26-12-2-1-3-13-26)15-18(19)22(27)24-16-20(21-7-6-14-30-21)25-10-4-5-11-25/h6-9,14-15,20H,1-5,10-13,16H2,(H,24,27). The quantitative estimate of drug-likeness (QED) is 0.645. The normalized spacial score (nSPS) is 19.4. The average molecular weight is 482 g/mol. The molecule has 2 aliphatic heterocycles. The summed E-state index contributed by atoms with van der Waals surface area (Å²) < 4.78 is 27.5. The zero-order valence-electron chi connectivity index (χ0n) is 17.4. The minimum Gasteiger partial charge on any atom is -0.350 e. The van der Waals surface area contributed by atoms with E-state index in [1.54, 1.807) is 11.3 Å². The third-order valence-electron chi connectivity index (χ3n) is 6.04. The summed E-state index contributed by atoms with van der Waals surface area (Å²) in [7, 11) is -3.63. The van der Waals surface area contributed by atoms with E-state index in [9.17, 15) is 13.2 Å². The monoisotopic (exact) mass is 481 g/mol. The van der Waals surface area contributed by atoms with Crippen LogP contribution in [0.3, 0.4) is 0 Å². The number of nitrogens with zero attached hydrogens (tertiary/aromatic N) is 2. The Labute approximate surface area is 193 Å². The lowest BCUT2D eigenvalue weighted by atomic mass is 10.1. The Morgan fingerprint density at radius 2 is 1.77 bits per heavy atom. The van der Waals surface area contributed by atoms with Gasteiger partial charge in [0.05, 0.1) is 21.5 Å². The van der Waals surface area contributed by atoms with Gasteiger partial charge in [0.25, 0.3) is 5.91 Å². The minimum absolute atomic E-state index is 0.116. The van der Waals surface area contributed by atoms with E-state index in [4.69, 9.17) is 11.6 Å². The lowest BCUT2D eigenvalue weighted by Crippen LogP contribution is -2.37. The SMILES string of the molecule is O=C(NCC(c1cccs1)N1CCCC1)c1cc(S(=O)(=O)N2CCCCC2)ccc1Cl. The fraction of sp³-hybridized carbons (Fsp3) is 0.500. The number of likely N-dealkylation sites (tertiary alicyclic amines) is 1. The van der Waals surface area contributed by atoms with Crippen LogP contribution in [0.1, 0.15) is 53.4 Å². The second-order valence-electron chi connectivity index (χ2n) is 8.09. The molecule has 1 amide bonds. The number of hydrogen-bond donors (Lipinski definition) is 1. The van der Waals surface area contributed by atoms with Gasteiger partial charge in [-0.1, -0.05) is 24.1 Å². The van der Waals surface area contributed by atoms with Crippen LogP contribution in [0.5, 0.6) is 0 Å². The van der Waals surface area contributed by atoms with Crippen LogP contribution in [0.2, 0.25) is 5.02 Å². The van der Waals surface area contributed by atoms with Crippen LogP contribution >= 0.6 is 22.9 Å². The molecule has 3 heterocycles. The second-order valence-corrected chi connectivity index (χ2v) is 11.4. The molecule has 0 saturated carbocycles. The zero-order chi connectivity index (χ0) is 21.8. The number of rotatable bonds is 7. The highest BCUT2D eigenvalue weighted by Gasteiger charge is 2.28. The topological polar surface area (TPSA) is 69.7 Å². The lowest BCUT2D eigenvalue weighted by molar-refractivity contribution is 0.0938. The van der Waals surface area contributed by atoms with Crippen molar-refractivity contribution in [2.24, 2.45) is 0 Å². The summed E-state index contributed by atoms with van der Waals surface area (Å²) in [4.78, 5) is 16.7. The van der Waals surface area contributed by atoms with Crippen molar-refractivity contribution in [1.29, 1.82) is 0 Å². The van der Waals surface area contributed by atoms with Crippen LogP contribution in [0.4, 0.5) is 0 Å². The molecular formula is C22H28ClN3O3S2. The van der Waals surface area contributed by atoms with Gasteiger partial charge in [-0.2, -0.15) is 4.31 Å². The molecule has 2 aromatic rings. The number of carbonyl (C=O) groups is 1. The Bertz CT molecular complexity index is 999. The molecule has 0 bridgehead atoms. The predicted molar refractivity (Wildman–Crippen MR) is 124 cm³/mol. The summed E-state index contributed by atoms with van der Waals surface area (Å²) >= 11 is 7.98. The first-order valence-corrected chi connectivity index (χ1v) is 13.5. The van der Waals surface area contributed by atoms with Gasteiger partial charge in [-0.05, 0) is 68.4 Å². The van der Waals surface area contributed by atoms with Crippen LogP contribution < -0.4 is 5.32 Å². The van der Waals surface area contributed by atoms with Crippen molar-refractivity contribution >= 4 is 38.9 Å². The Morgan fingerprint density at radius 1 is 1.06 bits per heavy atom. The summed E-state index contributed by atoms with van der Waals surface area (Å²) in [6.45, 7) is 3.53. The molecular weight excluding hydrogens is 454 g/mol. The minimum atomic E-state index is -3.63. The van der Waals surface area contributed by atoms with Gasteiger partial charge in [0.15, 0.2) is 0 Å². The highest BCUT2D eigenvalue weighted by Crippen LogP contribution is 2.29. The molecule has 2 fully saturated rings. The number of thiophene rings is 1. The van der Waals surface area contributed by atoms with Crippen molar-refractivity contribution in [3.05, 3.63) is 51.2 Å². The molecule has 2 saturated heterocycles. The molecule has 0 radical (unpaired) electrons. The number of carbonyl (C=O) groups excluding carboxylic acids is 1. The molecule has 0 spiro atoms. The van der Waals surface area contributed by atoms with Crippen molar-refractivity contribution in [2.75, 3.05) is 32.7 Å². The molecule has 6 nitrogen and oxygen atoms in total. The van der Waals surface area contributed by atoms with Gasteiger partial charge in [-0.15, -0.1) is 11.3 Å². The van der Waals surface area contributed by atoms with E-state index in [0.717, 1.165) is 45.2 Å². The molecule has 4 rings (SSSR count). The summed E-state index contributed by atoms with van der Waals surface area (Å²) in [6.07, 6.45) is 5.10. The van der Waals surface area contributed by atoms with Crippen LogP contribution in [0, 0.1) is 0 Å². The molecule has 1 aromatic heterocycles. The van der Waals surface area contributed by atoms with E-state index < -0.39 is 10.0 Å². The first-order chi connectivity index (χ1) is 15.0. The molecule has 1 atom stereocenters. The largest absolute Gasteiger partial charge is 0.350 e. The summed E-state index contributed by atoms with van der Waals surface area (Å²) in [5, 5.41) is 5.30. The fourth-order valence-corrected chi connectivity index (χ4v) is 6.93. The molecule has 168 valence electrons. The van der Waals surface area contributed by atoms with Gasteiger partial charge in [0.2, 0.25) is 10.0 Å². The third-order valence-corrected chi connectivity index (χ3v) is 9.24. The average Bonchev–Trinajstić information content (AvgIpc) is 3.50. The number of sulfonamides is 1. The zero-order valence-corrected chi connectivity index (χ0v) is 19.8. The first kappa shape index (κ1) is 22.7. The van der Waals surface area contributed by atoms with E-state index in [2.05, 4.69) is 16.3 Å². The highest BCUT2D eigenvalue weighted by molar-refractivity contribution is 7.89. The number of nitrogens with one attached hydrogen (secondary N) is 1. The number of halogens is 1. The maximum Gasteiger partial charge on any atom is 0.252 e. The van der Waals surface area contributed by atoms with Crippen LogP contribution in [0.25, 0.3) is 0 Å². The van der Waals surface area contributed by atoms with Crippen molar-refractivity contribution in [3.8, 4) is 0 Å². The molecule has 1 unspecified atom stereocenters. The van der Waals surface area contributed by atoms with Gasteiger partial charge in [-0.3, -0.25) is 9.69 Å². The van der Waals surface area contributed by atoms with Gasteiger partial charge < -0.3 is 5.32 Å². The van der Waals surface area contributed by atoms with Gasteiger partial charge in [0, 0.05) is 24.5 Å². The summed E-state index contributed by atoms with van der Waals surface area (Å²) in [5.74, 6) is -0.346. The smallest absolute Gasteiger partial charge is 0.252 e. The Balaban J connectivity index is 1.51. The van der Waals surface area contributed by atoms with E-state index in [0.29, 0.717) is 19.6 Å². The van der Waals surface area contributed by atoms with Crippen molar-refractivity contribution in [2.45, 2.75) is 43.0 Å². The summed E-state index contributed by atoms with van der Waals surface area (Å²) in [5.41, 5.74) is 0.200. The van der Waals surface area contributed by atoms with E-state index in [-0.39, 0.29) is 27.4 Å². The maximum absolute atomic E-state index is 13.0. The van der Waals surface area contributed by atoms with Crippen molar-refractivity contribution in [1.82, 2.24) is 14.5 Å². The molecule has 1 aromatic carbocycles. The van der Waals surface area contributed by atoms with Crippen LogP contribution in [-0.4, -0.2) is 56.3 Å². The molecule has 0 aliphatic carbocycles. The predicted octanol–water partition coefficient (Wildman–Crippen LogP) is 4.14. The summed E-state index contributed by atoms with van der Waals surface area (Å²) in [6, 6.07) is 8.64. The van der Waals surface area contributed by atoms with Gasteiger partial charge in [-0.25, -0.2) is 8.42 Å². The highest BCUT2D eigenvalue weighted by atomic mass is 35.5. The Morgan fingerprint density at radius 3 is 2.45 bits per heavy atom. The van der Waals surface area contributed by atoms with Crippen LogP contribution in [-0.2, 0) is 10.0 Å².